The van der Waals surface area contributed by atoms with E-state index < -0.39 is 6.10 Å². The fourth-order valence-electron chi connectivity index (χ4n) is 2.35. The minimum Gasteiger partial charge on any atom is -0.496 e. The van der Waals surface area contributed by atoms with Crippen molar-refractivity contribution in [1.82, 2.24) is 4.90 Å². The van der Waals surface area contributed by atoms with Crippen LogP contribution in [-0.2, 0) is 0 Å². The van der Waals surface area contributed by atoms with Gasteiger partial charge in [-0.25, -0.2) is 0 Å². The number of hydrogen-bond donors (Lipinski definition) is 1. The largest absolute Gasteiger partial charge is 0.496 e. The Bertz CT molecular complexity index is 407. The van der Waals surface area contributed by atoms with E-state index in [1.54, 1.807) is 33.5 Å². The third-order valence-electron chi connectivity index (χ3n) is 3.70. The van der Waals surface area contributed by atoms with Crippen LogP contribution in [0.25, 0.3) is 0 Å². The summed E-state index contributed by atoms with van der Waals surface area (Å²) >= 11 is 0. The summed E-state index contributed by atoms with van der Waals surface area (Å²) in [6, 6.07) is 3.52. The number of ether oxygens (including phenoxy) is 3. The van der Waals surface area contributed by atoms with Crippen LogP contribution in [0.4, 0.5) is 0 Å². The van der Waals surface area contributed by atoms with Crippen LogP contribution in [0.3, 0.4) is 0 Å². The molecule has 1 aromatic carbocycles. The minimum atomic E-state index is -0.638. The first kappa shape index (κ1) is 17.6. The van der Waals surface area contributed by atoms with Crippen molar-refractivity contribution < 1.29 is 19.3 Å². The summed E-state index contributed by atoms with van der Waals surface area (Å²) in [4.78, 5) is 2.27. The summed E-state index contributed by atoms with van der Waals surface area (Å²) in [5, 5.41) is 10.5. The summed E-state index contributed by atoms with van der Waals surface area (Å²) in [6.45, 7) is 7.00. The molecule has 5 heteroatoms. The van der Waals surface area contributed by atoms with Crippen molar-refractivity contribution >= 4 is 0 Å². The van der Waals surface area contributed by atoms with Gasteiger partial charge in [-0.15, -0.1) is 0 Å². The Morgan fingerprint density at radius 2 is 1.52 bits per heavy atom. The Balaban J connectivity index is 2.98. The normalized spacial score (nSPS) is 12.3. The van der Waals surface area contributed by atoms with Crippen LogP contribution in [0.1, 0.15) is 31.9 Å². The van der Waals surface area contributed by atoms with Crippen molar-refractivity contribution in [3.8, 4) is 17.2 Å². The summed E-state index contributed by atoms with van der Waals surface area (Å²) in [7, 11) is 4.74. The average molecular weight is 297 g/mol. The molecule has 0 heterocycles. The summed E-state index contributed by atoms with van der Waals surface area (Å²) < 4.78 is 16.0. The van der Waals surface area contributed by atoms with E-state index in [0.29, 0.717) is 29.2 Å². The van der Waals surface area contributed by atoms with Gasteiger partial charge in [0, 0.05) is 18.7 Å². The predicted octanol–water partition coefficient (Wildman–Crippen LogP) is 2.48. The molecule has 5 nitrogen and oxygen atoms in total. The summed E-state index contributed by atoms with van der Waals surface area (Å²) in [5.74, 6) is 1.81. The second-order valence-electron chi connectivity index (χ2n) is 4.78. The molecule has 0 spiro atoms. The Morgan fingerprint density at radius 3 is 1.90 bits per heavy atom. The second-order valence-corrected chi connectivity index (χ2v) is 4.78. The molecule has 1 aromatic rings. The SMILES string of the molecule is CCN(CC)CCC(O)c1c(OC)cc(OC)cc1OC. The zero-order valence-electron chi connectivity index (χ0n) is 13.7. The number of hydrogen-bond acceptors (Lipinski definition) is 5. The van der Waals surface area contributed by atoms with E-state index in [4.69, 9.17) is 14.2 Å². The minimum absolute atomic E-state index is 0.582. The molecule has 0 saturated heterocycles. The van der Waals surface area contributed by atoms with Gasteiger partial charge < -0.3 is 24.2 Å². The fraction of sp³-hybridized carbons (Fsp3) is 0.625. The van der Waals surface area contributed by atoms with Crippen LogP contribution in [-0.4, -0.2) is 51.0 Å². The van der Waals surface area contributed by atoms with E-state index in [2.05, 4.69) is 18.7 Å². The van der Waals surface area contributed by atoms with Gasteiger partial charge in [-0.3, -0.25) is 0 Å². The number of aliphatic hydroxyl groups is 1. The molecule has 1 rings (SSSR count). The van der Waals surface area contributed by atoms with Crippen molar-refractivity contribution in [2.75, 3.05) is 41.0 Å². The van der Waals surface area contributed by atoms with Gasteiger partial charge in [0.05, 0.1) is 33.0 Å². The van der Waals surface area contributed by atoms with Gasteiger partial charge in [0.25, 0.3) is 0 Å². The van der Waals surface area contributed by atoms with Crippen LogP contribution < -0.4 is 14.2 Å². The van der Waals surface area contributed by atoms with E-state index in [9.17, 15) is 5.11 Å². The third-order valence-corrected chi connectivity index (χ3v) is 3.70. The molecule has 120 valence electrons. The maximum absolute atomic E-state index is 10.5. The van der Waals surface area contributed by atoms with Gasteiger partial charge >= 0.3 is 0 Å². The van der Waals surface area contributed by atoms with Crippen LogP contribution in [0.15, 0.2) is 12.1 Å². The lowest BCUT2D eigenvalue weighted by molar-refractivity contribution is 0.138. The first-order chi connectivity index (χ1) is 10.1. The Labute approximate surface area is 127 Å². The molecule has 21 heavy (non-hydrogen) atoms. The topological polar surface area (TPSA) is 51.2 Å². The summed E-state index contributed by atoms with van der Waals surface area (Å²) in [5.41, 5.74) is 0.674. The first-order valence-electron chi connectivity index (χ1n) is 7.31. The van der Waals surface area contributed by atoms with Crippen LogP contribution >= 0.6 is 0 Å². The fourth-order valence-corrected chi connectivity index (χ4v) is 2.35. The van der Waals surface area contributed by atoms with Crippen molar-refractivity contribution in [3.63, 3.8) is 0 Å². The molecular formula is C16H27NO4. The lowest BCUT2D eigenvalue weighted by Gasteiger charge is -2.22. The molecule has 1 atom stereocenters. The zero-order chi connectivity index (χ0) is 15.8. The Kier molecular flexibility index (Phi) is 7.32. The van der Waals surface area contributed by atoms with Gasteiger partial charge in [0.2, 0.25) is 0 Å². The second kappa shape index (κ2) is 8.74. The van der Waals surface area contributed by atoms with E-state index in [1.165, 1.54) is 0 Å². The summed E-state index contributed by atoms with van der Waals surface area (Å²) in [6.07, 6.45) is -0.0119. The van der Waals surface area contributed by atoms with E-state index in [-0.39, 0.29) is 0 Å². The standard InChI is InChI=1S/C16H27NO4/c1-6-17(7-2)9-8-13(18)16-14(20-4)10-12(19-3)11-15(16)21-5/h10-11,13,18H,6-9H2,1-5H3. The molecule has 0 aliphatic heterocycles. The highest BCUT2D eigenvalue weighted by Crippen LogP contribution is 2.39. The molecule has 0 aliphatic rings. The molecule has 0 aliphatic carbocycles. The van der Waals surface area contributed by atoms with Crippen molar-refractivity contribution in [3.05, 3.63) is 17.7 Å². The highest BCUT2D eigenvalue weighted by molar-refractivity contribution is 5.51. The van der Waals surface area contributed by atoms with Gasteiger partial charge in [0.15, 0.2) is 0 Å². The number of benzene rings is 1. The van der Waals surface area contributed by atoms with Crippen LogP contribution in [0.5, 0.6) is 17.2 Å². The maximum Gasteiger partial charge on any atom is 0.132 e. The number of methoxy groups -OCH3 is 3. The monoisotopic (exact) mass is 297 g/mol. The molecule has 0 amide bonds. The molecule has 1 N–H and O–H groups in total. The van der Waals surface area contributed by atoms with Gasteiger partial charge in [0.1, 0.15) is 17.2 Å². The number of nitrogens with zero attached hydrogens (tertiary/aromatic N) is 1. The molecule has 0 bridgehead atoms. The molecule has 0 fully saturated rings. The zero-order valence-corrected chi connectivity index (χ0v) is 13.7. The molecule has 0 aromatic heterocycles. The Morgan fingerprint density at radius 1 is 1.00 bits per heavy atom. The molecule has 0 radical (unpaired) electrons. The van der Waals surface area contributed by atoms with E-state index in [0.717, 1.165) is 19.6 Å². The lowest BCUT2D eigenvalue weighted by atomic mass is 10.0. The van der Waals surface area contributed by atoms with Crippen molar-refractivity contribution in [2.45, 2.75) is 26.4 Å². The number of rotatable bonds is 9. The van der Waals surface area contributed by atoms with E-state index in [1.807, 2.05) is 0 Å². The van der Waals surface area contributed by atoms with Crippen LogP contribution in [0, 0.1) is 0 Å². The average Bonchev–Trinajstić information content (AvgIpc) is 2.53. The molecule has 0 saturated carbocycles. The number of aliphatic hydroxyl groups excluding tert-OH is 1. The molecular weight excluding hydrogens is 270 g/mol. The van der Waals surface area contributed by atoms with Crippen molar-refractivity contribution in [2.24, 2.45) is 0 Å². The predicted molar refractivity (Wildman–Crippen MR) is 83.5 cm³/mol. The smallest absolute Gasteiger partial charge is 0.132 e. The van der Waals surface area contributed by atoms with Gasteiger partial charge in [-0.1, -0.05) is 13.8 Å². The first-order valence-corrected chi connectivity index (χ1v) is 7.31. The quantitative estimate of drug-likeness (QED) is 0.759. The lowest BCUT2D eigenvalue weighted by Crippen LogP contribution is -2.25. The Hall–Kier alpha value is -1.46. The van der Waals surface area contributed by atoms with Crippen molar-refractivity contribution in [1.29, 1.82) is 0 Å². The van der Waals surface area contributed by atoms with Gasteiger partial charge in [-0.2, -0.15) is 0 Å². The highest BCUT2D eigenvalue weighted by Gasteiger charge is 2.21. The molecule has 1 unspecified atom stereocenters. The maximum atomic E-state index is 10.5. The third kappa shape index (κ3) is 4.51. The highest BCUT2D eigenvalue weighted by atomic mass is 16.5. The van der Waals surface area contributed by atoms with Crippen LogP contribution in [0.2, 0.25) is 0 Å². The van der Waals surface area contributed by atoms with Gasteiger partial charge in [-0.05, 0) is 19.5 Å². The van der Waals surface area contributed by atoms with E-state index >= 15 is 0 Å².